The molecule has 7 rings (SSSR count). The summed E-state index contributed by atoms with van der Waals surface area (Å²) in [6.07, 6.45) is -10.3. The van der Waals surface area contributed by atoms with Crippen molar-refractivity contribution in [3.05, 3.63) is 23.8 Å². The maximum absolute atomic E-state index is 17.9. The molecule has 0 aromatic carbocycles. The summed E-state index contributed by atoms with van der Waals surface area (Å²) in [5, 5.41) is 102. The summed E-state index contributed by atoms with van der Waals surface area (Å²) in [5.74, 6) is -7.39. The Morgan fingerprint density at radius 1 is 0.878 bits per heavy atom. The van der Waals surface area contributed by atoms with Gasteiger partial charge < -0.3 is 70.0 Å². The Bertz CT molecular complexity index is 2350. The van der Waals surface area contributed by atoms with Gasteiger partial charge in [-0.3, -0.25) is 19.3 Å². The number of rotatable bonds is 12. The molecule has 0 aromatic heterocycles. The molecule has 6 fully saturated rings. The van der Waals surface area contributed by atoms with Crippen molar-refractivity contribution in [1.29, 1.82) is 0 Å². The van der Waals surface area contributed by atoms with Gasteiger partial charge in [0, 0.05) is 54.4 Å². The first-order chi connectivity index (χ1) is 38.0. The highest BCUT2D eigenvalue weighted by Crippen LogP contribution is 2.71. The van der Waals surface area contributed by atoms with Crippen LogP contribution in [0.1, 0.15) is 155 Å². The molecule has 3 saturated heterocycles. The van der Waals surface area contributed by atoms with Gasteiger partial charge >= 0.3 is 5.97 Å². The number of allylic oxidation sites excluding steroid dienone is 4. The molecule has 7 aliphatic rings. The maximum atomic E-state index is 17.9. The highest BCUT2D eigenvalue weighted by Gasteiger charge is 2.77. The molecule has 18 nitrogen and oxygen atoms in total. The number of cyclic esters (lactones) is 1. The summed E-state index contributed by atoms with van der Waals surface area (Å²) in [4.78, 5) is 45.7. The number of halogens is 2. The molecule has 4 aliphatic carbocycles. The van der Waals surface area contributed by atoms with Crippen LogP contribution in [0.25, 0.3) is 0 Å². The van der Waals surface area contributed by atoms with Gasteiger partial charge in [-0.15, -0.1) is 0 Å². The van der Waals surface area contributed by atoms with E-state index < -0.39 is 177 Å². The third-order valence-electron chi connectivity index (χ3n) is 22.4. The largest absolute Gasteiger partial charge is 0.459 e. The van der Waals surface area contributed by atoms with Crippen LogP contribution in [0.2, 0.25) is 0 Å². The van der Waals surface area contributed by atoms with Crippen LogP contribution in [0.5, 0.6) is 0 Å². The second-order valence-electron chi connectivity index (χ2n) is 27.9. The highest BCUT2D eigenvalue weighted by molar-refractivity contribution is 6.01. The first-order valence-electron chi connectivity index (χ1n) is 30.7. The lowest BCUT2D eigenvalue weighted by atomic mass is 9.44. The first kappa shape index (κ1) is 66.9. The van der Waals surface area contributed by atoms with Gasteiger partial charge in [0.1, 0.15) is 36.2 Å². The standard InChI is InChI=1S/C62H103F2N3O15/c1-16-46-60(14,77)50(72)36(8)67(23-19-22-65-55(75)62(78)33(5)24-39-40-27-42(63)41-26-38(68)20-21-57(41,11)61(40,64)45(69)30-58(39,62)12)31-32(4)28-59(13,76)52(82-54-48(70)43(66(15)18-3)25-34(6)79-54)49(71)47(35(7)53(74)81-46)44-29-56(10,17-2)51(73)37(9)80-44/h20-21,26,32-37,39-40,42-52,54,69-73,76-78H,16-19,22-25,27-31H2,1-15H3,(H,65,75)/t32-,33-,34-,35-,36-,37+,39?,40?,42+,43+,44-,45+,46-,47?,48-,49+,50-,51+,52-,54+,56-,57+,58+,59-,60-,61+,62+/m1/s1. The number of alkyl halides is 2. The summed E-state index contributed by atoms with van der Waals surface area (Å²) in [6, 6.07) is -1.27. The molecule has 0 spiro atoms. The van der Waals surface area contributed by atoms with Gasteiger partial charge in [0.2, 0.25) is 0 Å². The Hall–Kier alpha value is -2.57. The van der Waals surface area contributed by atoms with Crippen LogP contribution in [-0.2, 0) is 33.3 Å². The number of carbonyl (C=O) groups excluding carboxylic acids is 3. The lowest BCUT2D eigenvalue weighted by Gasteiger charge is -2.63. The van der Waals surface area contributed by atoms with Gasteiger partial charge in [-0.25, -0.2) is 8.78 Å². The van der Waals surface area contributed by atoms with E-state index in [1.807, 2.05) is 51.5 Å². The third kappa shape index (κ3) is 11.5. The van der Waals surface area contributed by atoms with Crippen molar-refractivity contribution < 1.29 is 83.0 Å². The number of hydrogen-bond donors (Lipinski definition) is 9. The minimum Gasteiger partial charge on any atom is -0.459 e. The number of aliphatic hydroxyl groups excluding tert-OH is 5. The number of nitrogens with one attached hydrogen (secondary N) is 1. The van der Waals surface area contributed by atoms with Crippen LogP contribution < -0.4 is 5.32 Å². The minimum atomic E-state index is -2.39. The molecule has 3 heterocycles. The van der Waals surface area contributed by atoms with Crippen molar-refractivity contribution in [3.8, 4) is 0 Å². The van der Waals surface area contributed by atoms with Crippen molar-refractivity contribution >= 4 is 17.7 Å². The SMILES string of the molecule is CC[C@H]1OC(=O)[C@H](C)C([C@H]2C[C@@](C)(CC)[C@@H](O)[C@H](C)O2)[C@H](O)[C@@H](O[C@@H]2O[C@H](C)C[C@H](N(C)CC)[C@H]2O)[C@](C)(O)C[C@@H](C)CN(CCCNC(=O)[C@@]2(O)[C@H](C)CC3C4C[C@H](F)C5=CC(=O)C=C[C@]5(C)[C@@]4(F)[C@@H](O)C[C@@]32C)[C@H](C)[C@@H](O)[C@]1(C)O. The zero-order valence-electron chi connectivity index (χ0n) is 51.6. The van der Waals surface area contributed by atoms with Crippen molar-refractivity contribution in [2.75, 3.05) is 33.2 Å². The maximum Gasteiger partial charge on any atom is 0.309 e. The fraction of sp³-hybridized carbons (Fsp3) is 0.887. The Balaban J connectivity index is 1.18. The molecule has 0 radical (unpaired) electrons. The summed E-state index contributed by atoms with van der Waals surface area (Å²) >= 11 is 0. The van der Waals surface area contributed by atoms with Gasteiger partial charge in [0.25, 0.3) is 5.91 Å². The van der Waals surface area contributed by atoms with E-state index in [0.717, 1.165) is 6.08 Å². The van der Waals surface area contributed by atoms with E-state index >= 15 is 8.78 Å². The number of fused-ring (bicyclic) bond motifs is 5. The predicted molar refractivity (Wildman–Crippen MR) is 302 cm³/mol. The number of likely N-dealkylation sites (N-methyl/N-ethyl adjacent to an activating group) is 1. The first-order valence-corrected chi connectivity index (χ1v) is 30.7. The zero-order valence-corrected chi connectivity index (χ0v) is 51.6. The van der Waals surface area contributed by atoms with Crippen molar-refractivity contribution in [1.82, 2.24) is 15.1 Å². The van der Waals surface area contributed by atoms with Crippen LogP contribution in [-0.4, -0.2) is 210 Å². The summed E-state index contributed by atoms with van der Waals surface area (Å²) in [7, 11) is 1.88. The Morgan fingerprint density at radius 2 is 1.54 bits per heavy atom. The van der Waals surface area contributed by atoms with E-state index in [0.29, 0.717) is 19.4 Å². The molecule has 9 N–H and O–H groups in total. The molecule has 3 unspecified atom stereocenters. The van der Waals surface area contributed by atoms with Crippen molar-refractivity contribution in [2.24, 2.45) is 51.8 Å². The molecule has 3 aliphatic heterocycles. The number of ketones is 1. The lowest BCUT2D eigenvalue weighted by Crippen LogP contribution is -2.71. The molecule has 27 atom stereocenters. The molecular weight excluding hydrogens is 1060 g/mol. The number of amides is 1. The fourth-order valence-corrected chi connectivity index (χ4v) is 17.0. The molecule has 0 aromatic rings. The summed E-state index contributed by atoms with van der Waals surface area (Å²) in [5.41, 5.74) is -12.3. The quantitative estimate of drug-likeness (QED) is 0.0964. The molecular formula is C62H103F2N3O15. The molecule has 470 valence electrons. The van der Waals surface area contributed by atoms with E-state index in [-0.39, 0.29) is 70.2 Å². The zero-order chi connectivity index (χ0) is 61.4. The van der Waals surface area contributed by atoms with E-state index in [9.17, 15) is 55.2 Å². The number of aliphatic hydroxyl groups is 8. The topological polar surface area (TPSA) is 268 Å². The highest BCUT2D eigenvalue weighted by atomic mass is 19.1. The van der Waals surface area contributed by atoms with Crippen LogP contribution in [0.4, 0.5) is 8.78 Å². The number of esters is 1. The fourth-order valence-electron chi connectivity index (χ4n) is 17.0. The summed E-state index contributed by atoms with van der Waals surface area (Å²) < 4.78 is 59.9. The normalized spacial score (nSPS) is 50.8. The van der Waals surface area contributed by atoms with Crippen LogP contribution >= 0.6 is 0 Å². The van der Waals surface area contributed by atoms with E-state index in [4.69, 9.17) is 18.9 Å². The molecule has 20 heteroatoms. The van der Waals surface area contributed by atoms with Crippen LogP contribution in [0, 0.1) is 51.8 Å². The third-order valence-corrected chi connectivity index (χ3v) is 22.4. The predicted octanol–water partition coefficient (Wildman–Crippen LogP) is 4.47. The Morgan fingerprint density at radius 3 is 2.16 bits per heavy atom. The monoisotopic (exact) mass is 1170 g/mol. The van der Waals surface area contributed by atoms with Crippen LogP contribution in [0.15, 0.2) is 23.8 Å². The molecule has 0 bridgehead atoms. The minimum absolute atomic E-state index is 0.00403. The van der Waals surface area contributed by atoms with Gasteiger partial charge in [0.05, 0.1) is 48.1 Å². The average Bonchev–Trinajstić information content (AvgIpc) is 2.07. The number of hydrogen-bond acceptors (Lipinski definition) is 17. The van der Waals surface area contributed by atoms with E-state index in [1.54, 1.807) is 41.5 Å². The second kappa shape index (κ2) is 24.5. The van der Waals surface area contributed by atoms with Crippen molar-refractivity contribution in [3.63, 3.8) is 0 Å². The summed E-state index contributed by atoms with van der Waals surface area (Å²) in [6.45, 7) is 25.0. The number of ether oxygens (including phenoxy) is 4. The average molecular weight is 1170 g/mol. The number of nitrogens with zero attached hydrogens (tertiary/aromatic N) is 2. The Kier molecular flexibility index (Phi) is 20.0. The van der Waals surface area contributed by atoms with Gasteiger partial charge in [0.15, 0.2) is 23.3 Å². The van der Waals surface area contributed by atoms with E-state index in [1.165, 1.54) is 32.9 Å². The molecule has 82 heavy (non-hydrogen) atoms. The lowest BCUT2D eigenvalue weighted by molar-refractivity contribution is -0.309. The smallest absolute Gasteiger partial charge is 0.309 e. The second-order valence-corrected chi connectivity index (χ2v) is 27.9. The van der Waals surface area contributed by atoms with Crippen molar-refractivity contribution in [2.45, 2.75) is 263 Å². The molecule has 3 saturated carbocycles. The Labute approximate surface area is 485 Å². The number of carbonyl (C=O) groups is 3. The molecule has 1 amide bonds. The van der Waals surface area contributed by atoms with E-state index in [2.05, 4.69) is 5.32 Å². The van der Waals surface area contributed by atoms with Crippen LogP contribution in [0.3, 0.4) is 0 Å². The van der Waals surface area contributed by atoms with Gasteiger partial charge in [-0.1, -0.05) is 61.5 Å². The van der Waals surface area contributed by atoms with Gasteiger partial charge in [-0.2, -0.15) is 0 Å². The van der Waals surface area contributed by atoms with Gasteiger partial charge in [-0.05, 0) is 154 Å².